The monoisotopic (exact) mass is 196 g/mol. The molecule has 0 saturated carbocycles. The molecular formula is C9H16N4O. The zero-order chi connectivity index (χ0) is 9.97. The average molecular weight is 196 g/mol. The fraction of sp³-hybridized carbons (Fsp3) is 0.778. The Balaban J connectivity index is 2.02. The van der Waals surface area contributed by atoms with Gasteiger partial charge >= 0.3 is 0 Å². The number of nitrogens with zero attached hydrogens (tertiary/aromatic N) is 2. The summed E-state index contributed by atoms with van der Waals surface area (Å²) in [5.74, 6) is 1.72. The molecule has 1 fully saturated rings. The summed E-state index contributed by atoms with van der Waals surface area (Å²) in [5, 5.41) is 19.6. The number of H-pyrrole nitrogens is 1. The number of aliphatic hydroxyl groups is 1. The molecule has 0 aliphatic carbocycles. The third-order valence-corrected chi connectivity index (χ3v) is 2.46. The summed E-state index contributed by atoms with van der Waals surface area (Å²) >= 11 is 0. The third-order valence-electron chi connectivity index (χ3n) is 2.46. The van der Waals surface area contributed by atoms with Crippen molar-refractivity contribution in [3.8, 4) is 0 Å². The fourth-order valence-electron chi connectivity index (χ4n) is 1.73. The van der Waals surface area contributed by atoms with Gasteiger partial charge in [-0.3, -0.25) is 5.10 Å². The fourth-order valence-corrected chi connectivity index (χ4v) is 1.73. The molecule has 1 saturated heterocycles. The Hall–Kier alpha value is -0.940. The van der Waals surface area contributed by atoms with Gasteiger partial charge in [-0.2, -0.15) is 5.10 Å². The molecule has 0 spiro atoms. The van der Waals surface area contributed by atoms with Crippen molar-refractivity contribution in [2.24, 2.45) is 0 Å². The SMILES string of the molecule is CCCc1nc([C@@H]2C[C@H](O)CN2)n[nH]1. The minimum atomic E-state index is -0.256. The van der Waals surface area contributed by atoms with Crippen LogP contribution in [-0.4, -0.2) is 32.9 Å². The standard InChI is InChI=1S/C9H16N4O/c1-2-3-8-11-9(13-12-8)7-4-6(14)5-10-7/h6-7,10,14H,2-5H2,1H3,(H,11,12,13)/t6-,7-/m0/s1. The molecule has 1 aromatic rings. The van der Waals surface area contributed by atoms with Gasteiger partial charge < -0.3 is 10.4 Å². The topological polar surface area (TPSA) is 73.8 Å². The van der Waals surface area contributed by atoms with E-state index < -0.39 is 0 Å². The number of nitrogens with one attached hydrogen (secondary N) is 2. The highest BCUT2D eigenvalue weighted by atomic mass is 16.3. The van der Waals surface area contributed by atoms with E-state index in [1.54, 1.807) is 0 Å². The first kappa shape index (κ1) is 9.61. The molecular weight excluding hydrogens is 180 g/mol. The molecule has 0 amide bonds. The molecule has 0 aromatic carbocycles. The highest BCUT2D eigenvalue weighted by molar-refractivity contribution is 5.00. The number of aliphatic hydroxyl groups excluding tert-OH is 1. The molecule has 14 heavy (non-hydrogen) atoms. The van der Waals surface area contributed by atoms with Crippen molar-refractivity contribution in [1.29, 1.82) is 0 Å². The van der Waals surface area contributed by atoms with E-state index in [-0.39, 0.29) is 12.1 Å². The van der Waals surface area contributed by atoms with Crippen molar-refractivity contribution in [2.75, 3.05) is 6.54 Å². The highest BCUT2D eigenvalue weighted by Crippen LogP contribution is 2.19. The number of hydrogen-bond acceptors (Lipinski definition) is 4. The van der Waals surface area contributed by atoms with Gasteiger partial charge in [0.15, 0.2) is 5.82 Å². The number of aryl methyl sites for hydroxylation is 1. The van der Waals surface area contributed by atoms with Gasteiger partial charge in [-0.1, -0.05) is 6.92 Å². The van der Waals surface area contributed by atoms with Crippen LogP contribution in [0.15, 0.2) is 0 Å². The molecule has 78 valence electrons. The van der Waals surface area contributed by atoms with Crippen LogP contribution in [0.4, 0.5) is 0 Å². The summed E-state index contributed by atoms with van der Waals surface area (Å²) in [7, 11) is 0. The lowest BCUT2D eigenvalue weighted by molar-refractivity contribution is 0.193. The van der Waals surface area contributed by atoms with Crippen molar-refractivity contribution in [3.05, 3.63) is 11.6 Å². The number of β-amino-alcohol motifs (C(OH)–C–C–N with tert-alkyl or cyclic N) is 1. The molecule has 2 heterocycles. The maximum absolute atomic E-state index is 9.34. The van der Waals surface area contributed by atoms with Gasteiger partial charge in [0.1, 0.15) is 5.82 Å². The van der Waals surface area contributed by atoms with Crippen LogP contribution in [0, 0.1) is 0 Å². The molecule has 1 aliphatic rings. The molecule has 0 unspecified atom stereocenters. The lowest BCUT2D eigenvalue weighted by Gasteiger charge is -2.02. The van der Waals surface area contributed by atoms with Gasteiger partial charge in [-0.05, 0) is 12.8 Å². The highest BCUT2D eigenvalue weighted by Gasteiger charge is 2.26. The number of rotatable bonds is 3. The van der Waals surface area contributed by atoms with E-state index in [1.165, 1.54) is 0 Å². The Morgan fingerprint density at radius 3 is 3.07 bits per heavy atom. The van der Waals surface area contributed by atoms with Crippen LogP contribution in [0.25, 0.3) is 0 Å². The minimum Gasteiger partial charge on any atom is -0.392 e. The second-order valence-corrected chi connectivity index (χ2v) is 3.74. The number of aromatic amines is 1. The maximum Gasteiger partial charge on any atom is 0.167 e. The van der Waals surface area contributed by atoms with E-state index >= 15 is 0 Å². The normalized spacial score (nSPS) is 27.0. The second kappa shape index (κ2) is 4.06. The molecule has 1 aromatic heterocycles. The molecule has 0 bridgehead atoms. The van der Waals surface area contributed by atoms with Crippen molar-refractivity contribution in [2.45, 2.75) is 38.3 Å². The Morgan fingerprint density at radius 2 is 2.43 bits per heavy atom. The van der Waals surface area contributed by atoms with Gasteiger partial charge in [0.25, 0.3) is 0 Å². The minimum absolute atomic E-state index is 0.117. The lowest BCUT2D eigenvalue weighted by Crippen LogP contribution is -2.15. The van der Waals surface area contributed by atoms with Crippen molar-refractivity contribution < 1.29 is 5.11 Å². The Morgan fingerprint density at radius 1 is 1.57 bits per heavy atom. The first-order valence-electron chi connectivity index (χ1n) is 5.12. The van der Waals surface area contributed by atoms with Gasteiger partial charge in [-0.15, -0.1) is 0 Å². The number of aromatic nitrogens is 3. The summed E-state index contributed by atoms with van der Waals surface area (Å²) in [6.07, 6.45) is 2.45. The summed E-state index contributed by atoms with van der Waals surface area (Å²) in [4.78, 5) is 4.38. The molecule has 3 N–H and O–H groups in total. The maximum atomic E-state index is 9.34. The Kier molecular flexibility index (Phi) is 2.79. The van der Waals surface area contributed by atoms with E-state index in [4.69, 9.17) is 0 Å². The van der Waals surface area contributed by atoms with Crippen LogP contribution >= 0.6 is 0 Å². The number of hydrogen-bond donors (Lipinski definition) is 3. The first-order valence-corrected chi connectivity index (χ1v) is 5.12. The van der Waals surface area contributed by atoms with Gasteiger partial charge in [0.2, 0.25) is 0 Å². The summed E-state index contributed by atoms with van der Waals surface area (Å²) in [6.45, 7) is 2.75. The molecule has 5 nitrogen and oxygen atoms in total. The van der Waals surface area contributed by atoms with E-state index in [2.05, 4.69) is 27.4 Å². The van der Waals surface area contributed by atoms with Crippen LogP contribution in [0.5, 0.6) is 0 Å². The zero-order valence-electron chi connectivity index (χ0n) is 8.32. The van der Waals surface area contributed by atoms with E-state index in [9.17, 15) is 5.11 Å². The van der Waals surface area contributed by atoms with Crippen LogP contribution in [0.1, 0.15) is 37.5 Å². The van der Waals surface area contributed by atoms with Crippen molar-refractivity contribution in [3.63, 3.8) is 0 Å². The zero-order valence-corrected chi connectivity index (χ0v) is 8.32. The van der Waals surface area contributed by atoms with Crippen molar-refractivity contribution >= 4 is 0 Å². The molecule has 1 aliphatic heterocycles. The first-order chi connectivity index (χ1) is 6.79. The predicted octanol–water partition coefficient (Wildman–Crippen LogP) is 0.152. The lowest BCUT2D eigenvalue weighted by atomic mass is 10.2. The quantitative estimate of drug-likeness (QED) is 0.643. The summed E-state index contributed by atoms with van der Waals surface area (Å²) < 4.78 is 0. The average Bonchev–Trinajstić information content (AvgIpc) is 2.74. The second-order valence-electron chi connectivity index (χ2n) is 3.74. The molecule has 5 heteroatoms. The Bertz CT molecular complexity index is 299. The van der Waals surface area contributed by atoms with Crippen LogP contribution in [0.2, 0.25) is 0 Å². The van der Waals surface area contributed by atoms with E-state index in [1.807, 2.05) is 0 Å². The van der Waals surface area contributed by atoms with Gasteiger partial charge in [-0.25, -0.2) is 4.98 Å². The van der Waals surface area contributed by atoms with E-state index in [0.29, 0.717) is 13.0 Å². The van der Waals surface area contributed by atoms with Gasteiger partial charge in [0.05, 0.1) is 12.1 Å². The molecule has 2 atom stereocenters. The largest absolute Gasteiger partial charge is 0.392 e. The predicted molar refractivity (Wildman–Crippen MR) is 51.7 cm³/mol. The summed E-state index contributed by atoms with van der Waals surface area (Å²) in [6, 6.07) is 0.117. The molecule has 0 radical (unpaired) electrons. The van der Waals surface area contributed by atoms with Gasteiger partial charge in [0, 0.05) is 13.0 Å². The van der Waals surface area contributed by atoms with Crippen LogP contribution in [-0.2, 0) is 6.42 Å². The Labute approximate surface area is 82.9 Å². The van der Waals surface area contributed by atoms with Crippen LogP contribution in [0.3, 0.4) is 0 Å². The summed E-state index contributed by atoms with van der Waals surface area (Å²) in [5.41, 5.74) is 0. The third kappa shape index (κ3) is 1.93. The van der Waals surface area contributed by atoms with E-state index in [0.717, 1.165) is 24.5 Å². The van der Waals surface area contributed by atoms with Crippen LogP contribution < -0.4 is 5.32 Å². The van der Waals surface area contributed by atoms with Crippen molar-refractivity contribution in [1.82, 2.24) is 20.5 Å². The smallest absolute Gasteiger partial charge is 0.167 e. The molecule has 2 rings (SSSR count).